The number of carbonyl (C=O) groups is 2. The summed E-state index contributed by atoms with van der Waals surface area (Å²) >= 11 is 0. The molecule has 4 fully saturated rings. The largest absolute Gasteiger partial charge is 0.480 e. The Bertz CT molecular complexity index is 582. The number of fused-ring (bicyclic) bond motifs is 1. The molecule has 3 aliphatic carbocycles. The van der Waals surface area contributed by atoms with E-state index in [1.54, 1.807) is 0 Å². The first kappa shape index (κ1) is 16.3. The molecule has 1 heterocycles. The molecule has 0 radical (unpaired) electrons. The molecule has 1 aliphatic heterocycles. The van der Waals surface area contributed by atoms with Crippen LogP contribution >= 0.6 is 0 Å². The lowest BCUT2D eigenvalue weighted by Gasteiger charge is -2.33. The van der Waals surface area contributed by atoms with Gasteiger partial charge in [-0.05, 0) is 49.9 Å². The number of rotatable bonds is 6. The quantitative estimate of drug-likeness (QED) is 0.761. The van der Waals surface area contributed by atoms with E-state index in [2.05, 4.69) is 13.8 Å². The number of amides is 1. The third-order valence-corrected chi connectivity index (χ3v) is 7.02. The monoisotopic (exact) mass is 336 g/mol. The van der Waals surface area contributed by atoms with Crippen LogP contribution in [0.15, 0.2) is 0 Å². The van der Waals surface area contributed by atoms with Crippen molar-refractivity contribution >= 4 is 11.9 Å². The van der Waals surface area contributed by atoms with Crippen molar-refractivity contribution in [2.75, 3.05) is 6.54 Å². The van der Waals surface area contributed by atoms with Gasteiger partial charge in [-0.25, -0.2) is 4.79 Å². The molecule has 6 heteroatoms. The van der Waals surface area contributed by atoms with Crippen LogP contribution in [0.4, 0.5) is 0 Å². The van der Waals surface area contributed by atoms with E-state index in [-0.39, 0.29) is 34.9 Å². The minimum absolute atomic E-state index is 0.0100. The fourth-order valence-corrected chi connectivity index (χ4v) is 4.99. The fraction of sp³-hybridized carbons (Fsp3) is 0.889. The van der Waals surface area contributed by atoms with Gasteiger partial charge in [-0.2, -0.15) is 0 Å². The first-order chi connectivity index (χ1) is 11.2. The molecule has 4 aliphatic rings. The molecular formula is C18H28N2O4. The van der Waals surface area contributed by atoms with Crippen LogP contribution in [0.1, 0.15) is 46.5 Å². The molecule has 0 unspecified atom stereocenters. The highest BCUT2D eigenvalue weighted by molar-refractivity contribution is 5.89. The number of likely N-dealkylation sites (tertiary alicyclic amines) is 1. The van der Waals surface area contributed by atoms with Gasteiger partial charge in [0, 0.05) is 12.5 Å². The molecule has 1 amide bonds. The maximum atomic E-state index is 12.8. The zero-order valence-electron chi connectivity index (χ0n) is 14.7. The SMILES string of the molecule is C[C@@H](OC1(C2CC2)CC1)[C@H](N)C(=O)N1C[C@H]2[C@@H]([C@H]1C(=O)O)C2(C)C. The number of hydrogen-bond donors (Lipinski definition) is 2. The Morgan fingerprint density at radius 1 is 1.29 bits per heavy atom. The van der Waals surface area contributed by atoms with Crippen LogP contribution in [-0.4, -0.2) is 52.2 Å². The van der Waals surface area contributed by atoms with Gasteiger partial charge < -0.3 is 20.5 Å². The molecular weight excluding hydrogens is 308 g/mol. The van der Waals surface area contributed by atoms with Crippen LogP contribution in [0.5, 0.6) is 0 Å². The van der Waals surface area contributed by atoms with Gasteiger partial charge in [-0.3, -0.25) is 4.79 Å². The molecule has 3 saturated carbocycles. The third kappa shape index (κ3) is 2.30. The van der Waals surface area contributed by atoms with Crippen molar-refractivity contribution < 1.29 is 19.4 Å². The average Bonchev–Trinajstić information content (AvgIpc) is 3.42. The van der Waals surface area contributed by atoms with E-state index in [9.17, 15) is 14.7 Å². The number of piperidine rings is 1. The number of carbonyl (C=O) groups excluding carboxylic acids is 1. The zero-order valence-corrected chi connectivity index (χ0v) is 14.7. The van der Waals surface area contributed by atoms with Gasteiger partial charge in [0.05, 0.1) is 11.7 Å². The molecule has 0 aromatic heterocycles. The lowest BCUT2D eigenvalue weighted by molar-refractivity contribution is -0.153. The fourth-order valence-electron chi connectivity index (χ4n) is 4.99. The predicted octanol–water partition coefficient (Wildman–Crippen LogP) is 1.23. The minimum Gasteiger partial charge on any atom is -0.480 e. The average molecular weight is 336 g/mol. The second-order valence-electron chi connectivity index (χ2n) is 8.92. The molecule has 0 bridgehead atoms. The minimum atomic E-state index is -0.918. The van der Waals surface area contributed by atoms with Crippen molar-refractivity contribution in [3.63, 3.8) is 0 Å². The highest BCUT2D eigenvalue weighted by atomic mass is 16.5. The molecule has 0 aromatic rings. The smallest absolute Gasteiger partial charge is 0.326 e. The first-order valence-corrected chi connectivity index (χ1v) is 9.16. The van der Waals surface area contributed by atoms with Gasteiger partial charge in [-0.15, -0.1) is 0 Å². The Morgan fingerprint density at radius 3 is 2.42 bits per heavy atom. The van der Waals surface area contributed by atoms with Crippen molar-refractivity contribution in [1.29, 1.82) is 0 Å². The zero-order chi connectivity index (χ0) is 17.4. The summed E-state index contributed by atoms with van der Waals surface area (Å²) in [6.07, 6.45) is 4.16. The van der Waals surface area contributed by atoms with Crippen LogP contribution in [0, 0.1) is 23.2 Å². The van der Waals surface area contributed by atoms with Crippen molar-refractivity contribution in [2.24, 2.45) is 28.9 Å². The van der Waals surface area contributed by atoms with E-state index in [1.165, 1.54) is 17.7 Å². The predicted molar refractivity (Wildman–Crippen MR) is 87.1 cm³/mol. The molecule has 3 N–H and O–H groups in total. The van der Waals surface area contributed by atoms with E-state index >= 15 is 0 Å². The number of hydrogen-bond acceptors (Lipinski definition) is 4. The second kappa shape index (κ2) is 4.94. The van der Waals surface area contributed by atoms with E-state index in [0.29, 0.717) is 12.5 Å². The van der Waals surface area contributed by atoms with E-state index in [1.807, 2.05) is 6.92 Å². The van der Waals surface area contributed by atoms with Gasteiger partial charge in [0.25, 0.3) is 0 Å². The standard InChI is InChI=1S/C18H28N2O4/c1-9(24-18(6-7-18)10-4-5-10)13(19)15(21)20-8-11-12(17(11,2)3)14(20)16(22)23/h9-14H,4-8,19H2,1-3H3,(H,22,23)/t9-,11+,12+,13+,14+/m1/s1. The Kier molecular flexibility index (Phi) is 3.37. The molecule has 1 saturated heterocycles. The lowest BCUT2D eigenvalue weighted by Crippen LogP contribution is -2.55. The molecule has 6 nitrogen and oxygen atoms in total. The maximum absolute atomic E-state index is 12.8. The van der Waals surface area contributed by atoms with Crippen molar-refractivity contribution in [3.8, 4) is 0 Å². The highest BCUT2D eigenvalue weighted by Gasteiger charge is 2.70. The van der Waals surface area contributed by atoms with Crippen molar-refractivity contribution in [1.82, 2.24) is 4.90 Å². The Hall–Kier alpha value is -1.14. The molecule has 24 heavy (non-hydrogen) atoms. The van der Waals surface area contributed by atoms with Crippen LogP contribution in [0.25, 0.3) is 0 Å². The van der Waals surface area contributed by atoms with Crippen molar-refractivity contribution in [3.05, 3.63) is 0 Å². The summed E-state index contributed by atoms with van der Waals surface area (Å²) in [7, 11) is 0. The first-order valence-electron chi connectivity index (χ1n) is 9.16. The summed E-state index contributed by atoms with van der Waals surface area (Å²) in [6, 6.07) is -1.53. The number of nitrogens with two attached hydrogens (primary N) is 1. The highest BCUT2D eigenvalue weighted by Crippen LogP contribution is 2.65. The number of carboxylic acids is 1. The molecule has 5 atom stereocenters. The third-order valence-electron chi connectivity index (χ3n) is 7.02. The summed E-state index contributed by atoms with van der Waals surface area (Å²) in [5.74, 6) is -0.242. The molecule has 134 valence electrons. The molecule has 4 rings (SSSR count). The summed E-state index contributed by atoms with van der Waals surface area (Å²) in [5, 5.41) is 9.59. The number of nitrogens with zero attached hydrogens (tertiary/aromatic N) is 1. The summed E-state index contributed by atoms with van der Waals surface area (Å²) in [5.41, 5.74) is 6.14. The summed E-state index contributed by atoms with van der Waals surface area (Å²) < 4.78 is 6.17. The molecule has 0 aromatic carbocycles. The van der Waals surface area contributed by atoms with Crippen LogP contribution < -0.4 is 5.73 Å². The van der Waals surface area contributed by atoms with Crippen LogP contribution in [0.3, 0.4) is 0 Å². The Balaban J connectivity index is 1.42. The van der Waals surface area contributed by atoms with Crippen molar-refractivity contribution in [2.45, 2.75) is 70.2 Å². The van der Waals surface area contributed by atoms with Gasteiger partial charge in [-0.1, -0.05) is 13.8 Å². The normalized spacial score (nSPS) is 37.5. The van der Waals surface area contributed by atoms with Gasteiger partial charge in [0.1, 0.15) is 12.1 Å². The van der Waals surface area contributed by atoms with Gasteiger partial charge >= 0.3 is 5.97 Å². The number of ether oxygens (including phenoxy) is 1. The number of aliphatic carboxylic acids is 1. The Labute approximate surface area is 142 Å². The lowest BCUT2D eigenvalue weighted by atomic mass is 10.00. The topological polar surface area (TPSA) is 92.9 Å². The van der Waals surface area contributed by atoms with E-state index in [0.717, 1.165) is 12.8 Å². The summed E-state index contributed by atoms with van der Waals surface area (Å²) in [6.45, 7) is 6.51. The molecule has 0 spiro atoms. The summed E-state index contributed by atoms with van der Waals surface area (Å²) in [4.78, 5) is 26.0. The second-order valence-corrected chi connectivity index (χ2v) is 8.92. The van der Waals surface area contributed by atoms with Crippen LogP contribution in [0.2, 0.25) is 0 Å². The number of carboxylic acid groups (broad SMARTS) is 1. The van der Waals surface area contributed by atoms with Gasteiger partial charge in [0.15, 0.2) is 0 Å². The van der Waals surface area contributed by atoms with E-state index in [4.69, 9.17) is 10.5 Å². The van der Waals surface area contributed by atoms with Gasteiger partial charge in [0.2, 0.25) is 5.91 Å². The van der Waals surface area contributed by atoms with E-state index < -0.39 is 18.1 Å². The van der Waals surface area contributed by atoms with Crippen LogP contribution in [-0.2, 0) is 14.3 Å². The maximum Gasteiger partial charge on any atom is 0.326 e. The Morgan fingerprint density at radius 2 is 1.92 bits per heavy atom.